The molecule has 1 aromatic rings. The number of nitrogens with one attached hydrogen (secondary N) is 1. The third kappa shape index (κ3) is 3.98. The predicted molar refractivity (Wildman–Crippen MR) is 90.6 cm³/mol. The highest BCUT2D eigenvalue weighted by atomic mass is 32.2. The second-order valence-corrected chi connectivity index (χ2v) is 8.79. The summed E-state index contributed by atoms with van der Waals surface area (Å²) in [5.41, 5.74) is 0. The van der Waals surface area contributed by atoms with Gasteiger partial charge in [-0.3, -0.25) is 4.90 Å². The van der Waals surface area contributed by atoms with Gasteiger partial charge in [0.25, 0.3) is 0 Å². The van der Waals surface area contributed by atoms with Crippen LogP contribution in [0.4, 0.5) is 0 Å². The topological polar surface area (TPSA) is 88.1 Å². The molecule has 0 aliphatic carbocycles. The summed E-state index contributed by atoms with van der Waals surface area (Å²) in [7, 11) is -1.93. The van der Waals surface area contributed by atoms with Crippen molar-refractivity contribution in [2.75, 3.05) is 33.4 Å². The highest BCUT2D eigenvalue weighted by Gasteiger charge is 2.40. The summed E-state index contributed by atoms with van der Waals surface area (Å²) in [5.74, 6) is 0. The summed E-state index contributed by atoms with van der Waals surface area (Å²) in [4.78, 5) is 2.48. The van der Waals surface area contributed by atoms with E-state index >= 15 is 0 Å². The van der Waals surface area contributed by atoms with Crippen LogP contribution in [-0.4, -0.2) is 76.1 Å². The van der Waals surface area contributed by atoms with Crippen molar-refractivity contribution >= 4 is 21.4 Å². The SMILES string of the molecule is COCC1CCCN1CC1OCC(NS(=O)(=O)c2ccsc2)C1O. The lowest BCUT2D eigenvalue weighted by Crippen LogP contribution is -2.47. The van der Waals surface area contributed by atoms with Crippen molar-refractivity contribution in [2.24, 2.45) is 0 Å². The fraction of sp³-hybridized carbons (Fsp3) is 0.733. The zero-order valence-corrected chi connectivity index (χ0v) is 15.3. The molecule has 2 aliphatic rings. The van der Waals surface area contributed by atoms with Crippen LogP contribution in [0.5, 0.6) is 0 Å². The Bertz CT molecular complexity index is 622. The maximum Gasteiger partial charge on any atom is 0.241 e. The van der Waals surface area contributed by atoms with Crippen molar-refractivity contribution in [2.45, 2.75) is 42.0 Å². The Balaban J connectivity index is 1.58. The highest BCUT2D eigenvalue weighted by Crippen LogP contribution is 2.23. The van der Waals surface area contributed by atoms with Crippen molar-refractivity contribution < 1.29 is 23.0 Å². The molecule has 2 aliphatic heterocycles. The van der Waals surface area contributed by atoms with Crippen LogP contribution >= 0.6 is 11.3 Å². The van der Waals surface area contributed by atoms with Crippen LogP contribution < -0.4 is 4.72 Å². The molecule has 2 N–H and O–H groups in total. The summed E-state index contributed by atoms with van der Waals surface area (Å²) in [5, 5.41) is 13.8. The Labute approximate surface area is 146 Å². The van der Waals surface area contributed by atoms with E-state index in [1.807, 2.05) is 0 Å². The smallest absolute Gasteiger partial charge is 0.241 e. The summed E-state index contributed by atoms with van der Waals surface area (Å²) in [6.07, 6.45) is 0.926. The Hall–Kier alpha value is -0.550. The molecule has 0 aromatic carbocycles. The minimum Gasteiger partial charge on any atom is -0.389 e. The van der Waals surface area contributed by atoms with E-state index in [0.717, 1.165) is 19.4 Å². The van der Waals surface area contributed by atoms with Crippen LogP contribution in [0.25, 0.3) is 0 Å². The Morgan fingerprint density at radius 1 is 1.54 bits per heavy atom. The van der Waals surface area contributed by atoms with Gasteiger partial charge < -0.3 is 14.6 Å². The maximum atomic E-state index is 12.3. The van der Waals surface area contributed by atoms with Gasteiger partial charge in [-0.15, -0.1) is 0 Å². The zero-order valence-electron chi connectivity index (χ0n) is 13.6. The molecule has 9 heteroatoms. The fourth-order valence-corrected chi connectivity index (χ4v) is 5.63. The molecular formula is C15H24N2O5S2. The van der Waals surface area contributed by atoms with Crippen LogP contribution in [0, 0.1) is 0 Å². The van der Waals surface area contributed by atoms with Gasteiger partial charge in [-0.1, -0.05) is 0 Å². The molecule has 3 rings (SSSR count). The number of rotatable bonds is 7. The zero-order chi connectivity index (χ0) is 17.2. The molecule has 136 valence electrons. The third-order valence-corrected chi connectivity index (χ3v) is 6.99. The second kappa shape index (κ2) is 7.77. The molecule has 0 bridgehead atoms. The lowest BCUT2D eigenvalue weighted by molar-refractivity contribution is 0.00485. The van der Waals surface area contributed by atoms with E-state index in [1.165, 1.54) is 11.3 Å². The summed E-state index contributed by atoms with van der Waals surface area (Å²) < 4.78 is 38.0. The first kappa shape index (κ1) is 18.2. The van der Waals surface area contributed by atoms with E-state index in [2.05, 4.69) is 9.62 Å². The van der Waals surface area contributed by atoms with Crippen LogP contribution in [-0.2, 0) is 19.5 Å². The van der Waals surface area contributed by atoms with Gasteiger partial charge >= 0.3 is 0 Å². The van der Waals surface area contributed by atoms with E-state index < -0.39 is 28.3 Å². The number of nitrogens with zero attached hydrogens (tertiary/aromatic N) is 1. The van der Waals surface area contributed by atoms with Crippen molar-refractivity contribution in [3.8, 4) is 0 Å². The molecule has 7 nitrogen and oxygen atoms in total. The average molecular weight is 377 g/mol. The molecule has 3 heterocycles. The van der Waals surface area contributed by atoms with Gasteiger partial charge in [-0.2, -0.15) is 11.3 Å². The van der Waals surface area contributed by atoms with Gasteiger partial charge in [-0.25, -0.2) is 13.1 Å². The van der Waals surface area contributed by atoms with E-state index in [-0.39, 0.29) is 11.5 Å². The van der Waals surface area contributed by atoms with Crippen LogP contribution in [0.1, 0.15) is 12.8 Å². The molecular weight excluding hydrogens is 352 g/mol. The summed E-state index contributed by atoms with van der Waals surface area (Å²) in [6.45, 7) is 2.38. The Morgan fingerprint density at radius 2 is 2.38 bits per heavy atom. The lowest BCUT2D eigenvalue weighted by atomic mass is 10.1. The van der Waals surface area contributed by atoms with Crippen molar-refractivity contribution in [1.82, 2.24) is 9.62 Å². The van der Waals surface area contributed by atoms with Crippen molar-refractivity contribution in [1.29, 1.82) is 0 Å². The first-order chi connectivity index (χ1) is 11.5. The number of aliphatic hydroxyl groups excluding tert-OH is 1. The molecule has 0 radical (unpaired) electrons. The summed E-state index contributed by atoms with van der Waals surface area (Å²) in [6, 6.07) is 1.27. The highest BCUT2D eigenvalue weighted by molar-refractivity contribution is 7.89. The predicted octanol–water partition coefficient (Wildman–Crippen LogP) is 0.266. The van der Waals surface area contributed by atoms with Crippen LogP contribution in [0.3, 0.4) is 0 Å². The number of sulfonamides is 1. The van der Waals surface area contributed by atoms with Gasteiger partial charge in [0.1, 0.15) is 0 Å². The normalized spacial score (nSPS) is 31.8. The van der Waals surface area contributed by atoms with Gasteiger partial charge in [0.2, 0.25) is 10.0 Å². The van der Waals surface area contributed by atoms with Crippen molar-refractivity contribution in [3.05, 3.63) is 16.8 Å². The Morgan fingerprint density at radius 3 is 3.08 bits per heavy atom. The Kier molecular flexibility index (Phi) is 5.91. The number of hydrogen-bond donors (Lipinski definition) is 2. The van der Waals surface area contributed by atoms with E-state index in [9.17, 15) is 13.5 Å². The molecule has 0 amide bonds. The average Bonchev–Trinajstić information content (AvgIpc) is 3.26. The first-order valence-corrected chi connectivity index (χ1v) is 10.5. The van der Waals surface area contributed by atoms with Gasteiger partial charge in [0.05, 0.1) is 36.4 Å². The number of ether oxygens (including phenoxy) is 2. The first-order valence-electron chi connectivity index (χ1n) is 8.08. The standard InChI is InChI=1S/C15H24N2O5S2/c1-21-8-11-3-2-5-17(11)7-14-15(18)13(9-22-14)16-24(19,20)12-4-6-23-10-12/h4,6,10-11,13-16,18H,2-3,5,7-9H2,1H3. The van der Waals surface area contributed by atoms with Crippen LogP contribution in [0.15, 0.2) is 21.7 Å². The molecule has 2 saturated heterocycles. The van der Waals surface area contributed by atoms with Crippen LogP contribution in [0.2, 0.25) is 0 Å². The minimum absolute atomic E-state index is 0.179. The maximum absolute atomic E-state index is 12.3. The number of aliphatic hydroxyl groups is 1. The molecule has 1 aromatic heterocycles. The number of hydrogen-bond acceptors (Lipinski definition) is 7. The second-order valence-electron chi connectivity index (χ2n) is 6.30. The third-order valence-electron chi connectivity index (χ3n) is 4.67. The fourth-order valence-electron chi connectivity index (χ4n) is 3.37. The molecule has 0 spiro atoms. The lowest BCUT2D eigenvalue weighted by Gasteiger charge is -2.28. The van der Waals surface area contributed by atoms with Gasteiger partial charge in [0.15, 0.2) is 0 Å². The van der Waals surface area contributed by atoms with E-state index in [0.29, 0.717) is 19.2 Å². The number of thiophene rings is 1. The van der Waals surface area contributed by atoms with E-state index in [1.54, 1.807) is 23.9 Å². The largest absolute Gasteiger partial charge is 0.389 e. The molecule has 4 unspecified atom stereocenters. The molecule has 0 saturated carbocycles. The monoisotopic (exact) mass is 376 g/mol. The van der Waals surface area contributed by atoms with E-state index in [4.69, 9.17) is 9.47 Å². The summed E-state index contributed by atoms with van der Waals surface area (Å²) >= 11 is 1.32. The quantitative estimate of drug-likeness (QED) is 0.710. The van der Waals surface area contributed by atoms with Gasteiger partial charge in [-0.05, 0) is 30.8 Å². The minimum atomic E-state index is -3.62. The molecule has 24 heavy (non-hydrogen) atoms. The number of likely N-dealkylation sites (tertiary alicyclic amines) is 1. The van der Waals surface area contributed by atoms with Crippen molar-refractivity contribution in [3.63, 3.8) is 0 Å². The van der Waals surface area contributed by atoms with Gasteiger partial charge in [0, 0.05) is 25.1 Å². The number of methoxy groups -OCH3 is 1. The molecule has 2 fully saturated rings. The molecule has 4 atom stereocenters.